The number of hydrazone groups is 1. The molecule has 0 aliphatic rings. The van der Waals surface area contributed by atoms with E-state index in [0.717, 1.165) is 12.1 Å². The second-order valence-corrected chi connectivity index (χ2v) is 4.14. The third kappa shape index (κ3) is 4.06. The second-order valence-electron chi connectivity index (χ2n) is 3.75. The SMILES string of the molecule is CN(C)/C=N/N(C)c1cc(C(F)(F)F)cc(Cl)n1. The summed E-state index contributed by atoms with van der Waals surface area (Å²) in [7, 11) is 4.96. The van der Waals surface area contributed by atoms with E-state index < -0.39 is 11.7 Å². The molecule has 8 heteroatoms. The van der Waals surface area contributed by atoms with Crippen LogP contribution in [0.5, 0.6) is 0 Å². The summed E-state index contributed by atoms with van der Waals surface area (Å²) in [5.74, 6) is 0.0212. The fourth-order valence-electron chi connectivity index (χ4n) is 1.05. The van der Waals surface area contributed by atoms with Gasteiger partial charge in [-0.2, -0.15) is 18.3 Å². The van der Waals surface area contributed by atoms with Gasteiger partial charge in [0.15, 0.2) is 5.82 Å². The second kappa shape index (κ2) is 5.43. The number of alkyl halides is 3. The van der Waals surface area contributed by atoms with Gasteiger partial charge in [-0.05, 0) is 12.1 Å². The highest BCUT2D eigenvalue weighted by Gasteiger charge is 2.31. The standard InChI is InChI=1S/C10H12ClF3N4/c1-17(2)6-15-18(3)9-5-7(10(12,13)14)4-8(11)16-9/h4-6H,1-3H3/b15-6+. The Kier molecular flexibility index (Phi) is 4.39. The van der Waals surface area contributed by atoms with E-state index in [0.29, 0.717) is 0 Å². The number of aromatic nitrogens is 1. The van der Waals surface area contributed by atoms with Crippen molar-refractivity contribution in [1.82, 2.24) is 9.88 Å². The highest BCUT2D eigenvalue weighted by Crippen LogP contribution is 2.32. The molecule has 0 aromatic carbocycles. The number of pyridine rings is 1. The van der Waals surface area contributed by atoms with Crippen LogP contribution in [0, 0.1) is 0 Å². The van der Waals surface area contributed by atoms with Gasteiger partial charge in [0.25, 0.3) is 0 Å². The first-order valence-electron chi connectivity index (χ1n) is 4.89. The molecular weight excluding hydrogens is 269 g/mol. The fraction of sp³-hybridized carbons (Fsp3) is 0.400. The van der Waals surface area contributed by atoms with E-state index in [2.05, 4.69) is 10.1 Å². The minimum atomic E-state index is -4.46. The molecule has 0 saturated heterocycles. The van der Waals surface area contributed by atoms with Crippen LogP contribution in [0.1, 0.15) is 5.56 Å². The monoisotopic (exact) mass is 280 g/mol. The maximum Gasteiger partial charge on any atom is 0.416 e. The topological polar surface area (TPSA) is 31.7 Å². The molecule has 0 saturated carbocycles. The van der Waals surface area contributed by atoms with Crippen molar-refractivity contribution >= 4 is 23.8 Å². The van der Waals surface area contributed by atoms with Crippen molar-refractivity contribution in [2.75, 3.05) is 26.2 Å². The van der Waals surface area contributed by atoms with Crippen LogP contribution in [0.2, 0.25) is 5.15 Å². The Morgan fingerprint density at radius 2 is 1.89 bits per heavy atom. The Morgan fingerprint density at radius 3 is 2.39 bits per heavy atom. The van der Waals surface area contributed by atoms with Crippen LogP contribution in [-0.4, -0.2) is 37.4 Å². The quantitative estimate of drug-likeness (QED) is 0.369. The summed E-state index contributed by atoms with van der Waals surface area (Å²) in [5.41, 5.74) is -0.857. The summed E-state index contributed by atoms with van der Waals surface area (Å²) >= 11 is 5.56. The summed E-state index contributed by atoms with van der Waals surface area (Å²) in [4.78, 5) is 5.43. The normalized spacial score (nSPS) is 11.9. The first-order chi connectivity index (χ1) is 8.20. The number of hydrogen-bond donors (Lipinski definition) is 0. The largest absolute Gasteiger partial charge is 0.416 e. The number of halogens is 4. The van der Waals surface area contributed by atoms with Crippen LogP contribution in [0.3, 0.4) is 0 Å². The van der Waals surface area contributed by atoms with Gasteiger partial charge in [0.1, 0.15) is 11.5 Å². The highest BCUT2D eigenvalue weighted by atomic mass is 35.5. The third-order valence-electron chi connectivity index (χ3n) is 1.90. The van der Waals surface area contributed by atoms with Crippen molar-refractivity contribution in [3.8, 4) is 0 Å². The molecular formula is C10H12ClF3N4. The summed E-state index contributed by atoms with van der Waals surface area (Å²) in [6.07, 6.45) is -3.02. The molecule has 0 bridgehead atoms. The van der Waals surface area contributed by atoms with Gasteiger partial charge in [-0.1, -0.05) is 11.6 Å². The van der Waals surface area contributed by atoms with Crippen molar-refractivity contribution in [3.63, 3.8) is 0 Å². The lowest BCUT2D eigenvalue weighted by molar-refractivity contribution is -0.137. The molecule has 0 fully saturated rings. The lowest BCUT2D eigenvalue weighted by Crippen LogP contribution is -2.17. The van der Waals surface area contributed by atoms with Crippen LogP contribution >= 0.6 is 11.6 Å². The van der Waals surface area contributed by atoms with Gasteiger partial charge >= 0.3 is 6.18 Å². The Morgan fingerprint density at radius 1 is 1.28 bits per heavy atom. The molecule has 0 amide bonds. The van der Waals surface area contributed by atoms with Crippen LogP contribution in [-0.2, 0) is 6.18 Å². The van der Waals surface area contributed by atoms with Gasteiger partial charge in [0, 0.05) is 21.1 Å². The Labute approximate surface area is 108 Å². The summed E-state index contributed by atoms with van der Waals surface area (Å²) in [5, 5.41) is 4.88. The van der Waals surface area contributed by atoms with Gasteiger partial charge in [-0.3, -0.25) is 0 Å². The van der Waals surface area contributed by atoms with Crippen LogP contribution in [0.4, 0.5) is 19.0 Å². The van der Waals surface area contributed by atoms with Gasteiger partial charge < -0.3 is 4.90 Å². The highest BCUT2D eigenvalue weighted by molar-refractivity contribution is 6.29. The van der Waals surface area contributed by atoms with E-state index in [9.17, 15) is 13.2 Å². The molecule has 0 aliphatic carbocycles. The first kappa shape index (κ1) is 14.6. The van der Waals surface area contributed by atoms with Crippen molar-refractivity contribution in [1.29, 1.82) is 0 Å². The van der Waals surface area contributed by atoms with E-state index in [1.54, 1.807) is 19.0 Å². The maximum absolute atomic E-state index is 12.6. The molecule has 18 heavy (non-hydrogen) atoms. The lowest BCUT2D eigenvalue weighted by atomic mass is 10.2. The van der Waals surface area contributed by atoms with E-state index in [-0.39, 0.29) is 11.0 Å². The van der Waals surface area contributed by atoms with Gasteiger partial charge in [-0.15, -0.1) is 0 Å². The average Bonchev–Trinajstić information content (AvgIpc) is 2.23. The summed E-state index contributed by atoms with van der Waals surface area (Å²) in [6.45, 7) is 0. The van der Waals surface area contributed by atoms with Crippen molar-refractivity contribution in [3.05, 3.63) is 22.8 Å². The first-order valence-corrected chi connectivity index (χ1v) is 5.27. The number of hydrogen-bond acceptors (Lipinski definition) is 3. The smallest absolute Gasteiger partial charge is 0.367 e. The Bertz CT molecular complexity index is 445. The predicted octanol–water partition coefficient (Wildman–Crippen LogP) is 2.69. The zero-order valence-electron chi connectivity index (χ0n) is 10.0. The van der Waals surface area contributed by atoms with E-state index in [1.807, 2.05) is 0 Å². The van der Waals surface area contributed by atoms with E-state index in [1.165, 1.54) is 18.4 Å². The fourth-order valence-corrected chi connectivity index (χ4v) is 1.26. The minimum Gasteiger partial charge on any atom is -0.367 e. The molecule has 0 atom stereocenters. The van der Waals surface area contributed by atoms with Crippen LogP contribution < -0.4 is 5.01 Å². The van der Waals surface area contributed by atoms with Crippen LogP contribution in [0.15, 0.2) is 17.2 Å². The average molecular weight is 281 g/mol. The van der Waals surface area contributed by atoms with Crippen molar-refractivity contribution < 1.29 is 13.2 Å². The Balaban J connectivity index is 3.06. The molecule has 1 heterocycles. The summed E-state index contributed by atoms with van der Waals surface area (Å²) < 4.78 is 37.7. The Hall–Kier alpha value is -1.50. The molecule has 0 aliphatic heterocycles. The van der Waals surface area contributed by atoms with Gasteiger partial charge in [0.05, 0.1) is 5.56 Å². The number of rotatable bonds is 3. The van der Waals surface area contributed by atoms with Crippen LogP contribution in [0.25, 0.3) is 0 Å². The summed E-state index contributed by atoms with van der Waals surface area (Å²) in [6, 6.07) is 1.66. The van der Waals surface area contributed by atoms with E-state index >= 15 is 0 Å². The van der Waals surface area contributed by atoms with Crippen molar-refractivity contribution in [2.24, 2.45) is 5.10 Å². The molecule has 100 valence electrons. The molecule has 0 unspecified atom stereocenters. The predicted molar refractivity (Wildman–Crippen MR) is 64.8 cm³/mol. The molecule has 1 aromatic rings. The molecule has 0 radical (unpaired) electrons. The molecule has 4 nitrogen and oxygen atoms in total. The number of nitrogens with zero attached hydrogens (tertiary/aromatic N) is 4. The zero-order valence-corrected chi connectivity index (χ0v) is 10.8. The molecule has 0 N–H and O–H groups in total. The third-order valence-corrected chi connectivity index (χ3v) is 2.09. The number of anilines is 1. The lowest BCUT2D eigenvalue weighted by Gasteiger charge is -2.15. The van der Waals surface area contributed by atoms with E-state index in [4.69, 9.17) is 11.6 Å². The van der Waals surface area contributed by atoms with Gasteiger partial charge in [0.2, 0.25) is 0 Å². The van der Waals surface area contributed by atoms with Gasteiger partial charge in [-0.25, -0.2) is 9.99 Å². The minimum absolute atomic E-state index is 0.0212. The molecule has 1 aromatic heterocycles. The molecule has 1 rings (SSSR count). The van der Waals surface area contributed by atoms with Crippen molar-refractivity contribution in [2.45, 2.75) is 6.18 Å². The molecule has 0 spiro atoms. The maximum atomic E-state index is 12.6. The zero-order chi connectivity index (χ0) is 13.9.